The number of benzene rings is 2. The van der Waals surface area contributed by atoms with Crippen molar-refractivity contribution in [2.75, 3.05) is 6.54 Å². The number of hydrogen-bond donors (Lipinski definition) is 2. The van der Waals surface area contributed by atoms with Gasteiger partial charge in [0.1, 0.15) is 0 Å². The number of aliphatic carboxylic acids is 1. The lowest BCUT2D eigenvalue weighted by atomic mass is 9.96. The van der Waals surface area contributed by atoms with E-state index in [9.17, 15) is 14.7 Å². The van der Waals surface area contributed by atoms with Gasteiger partial charge in [0.05, 0.1) is 23.2 Å². The van der Waals surface area contributed by atoms with Crippen molar-refractivity contribution in [2.45, 2.75) is 19.3 Å². The molecule has 4 rings (SSSR count). The van der Waals surface area contributed by atoms with Crippen LogP contribution >= 0.6 is 15.9 Å². The molecule has 0 spiro atoms. The minimum Gasteiger partial charge on any atom is -0.481 e. The zero-order chi connectivity index (χ0) is 23.4. The topological polar surface area (TPSA) is 92.2 Å². The molecular formula is C26H22BrN3O3. The highest BCUT2D eigenvalue weighted by Gasteiger charge is 2.22. The number of fused-ring (bicyclic) bond motifs is 1. The Balaban J connectivity index is 1.73. The summed E-state index contributed by atoms with van der Waals surface area (Å²) in [6.45, 7) is 2.04. The summed E-state index contributed by atoms with van der Waals surface area (Å²) in [7, 11) is 0. The lowest BCUT2D eigenvalue weighted by molar-refractivity contribution is -0.137. The molecule has 2 N–H and O–H groups in total. The maximum absolute atomic E-state index is 13.5. The van der Waals surface area contributed by atoms with Gasteiger partial charge in [-0.2, -0.15) is 0 Å². The second-order valence-corrected chi connectivity index (χ2v) is 8.66. The second-order valence-electron chi connectivity index (χ2n) is 7.75. The summed E-state index contributed by atoms with van der Waals surface area (Å²) in [6, 6.07) is 20.7. The fourth-order valence-electron chi connectivity index (χ4n) is 3.91. The van der Waals surface area contributed by atoms with E-state index in [4.69, 9.17) is 4.98 Å². The van der Waals surface area contributed by atoms with Crippen molar-refractivity contribution in [3.8, 4) is 11.3 Å². The molecule has 0 bridgehead atoms. The lowest BCUT2D eigenvalue weighted by Gasteiger charge is -2.18. The zero-order valence-corrected chi connectivity index (χ0v) is 19.5. The average Bonchev–Trinajstić information content (AvgIpc) is 2.82. The van der Waals surface area contributed by atoms with Gasteiger partial charge in [0.25, 0.3) is 5.91 Å². The van der Waals surface area contributed by atoms with Gasteiger partial charge < -0.3 is 10.4 Å². The van der Waals surface area contributed by atoms with Crippen molar-refractivity contribution in [3.05, 3.63) is 94.2 Å². The summed E-state index contributed by atoms with van der Waals surface area (Å²) in [5, 5.41) is 13.0. The molecule has 2 heterocycles. The van der Waals surface area contributed by atoms with Crippen LogP contribution in [0, 0.1) is 6.92 Å². The monoisotopic (exact) mass is 503 g/mol. The van der Waals surface area contributed by atoms with Gasteiger partial charge in [0, 0.05) is 39.8 Å². The van der Waals surface area contributed by atoms with Crippen LogP contribution in [-0.2, 0) is 4.79 Å². The molecule has 33 heavy (non-hydrogen) atoms. The van der Waals surface area contributed by atoms with Gasteiger partial charge in [-0.3, -0.25) is 14.6 Å². The van der Waals surface area contributed by atoms with Gasteiger partial charge in [0.15, 0.2) is 0 Å². The first-order chi connectivity index (χ1) is 15.9. The number of carbonyl (C=O) groups excluding carboxylic acids is 1. The maximum atomic E-state index is 13.5. The first kappa shape index (κ1) is 22.6. The predicted octanol–water partition coefficient (Wildman–Crippen LogP) is 5.36. The Morgan fingerprint density at radius 1 is 1.06 bits per heavy atom. The molecule has 2 aromatic carbocycles. The fraction of sp³-hybridized carbons (Fsp3) is 0.154. The number of rotatable bonds is 7. The normalized spacial score (nSPS) is 11.8. The second kappa shape index (κ2) is 9.92. The van der Waals surface area contributed by atoms with E-state index in [1.165, 1.54) is 0 Å². The number of nitrogens with zero attached hydrogens (tertiary/aromatic N) is 2. The first-order valence-corrected chi connectivity index (χ1v) is 11.3. The number of nitrogens with one attached hydrogen (secondary N) is 1. The molecule has 4 aromatic rings. The quantitative estimate of drug-likeness (QED) is 0.354. The van der Waals surface area contributed by atoms with Crippen LogP contribution in [0.4, 0.5) is 0 Å². The largest absolute Gasteiger partial charge is 0.481 e. The van der Waals surface area contributed by atoms with E-state index in [2.05, 4.69) is 26.2 Å². The van der Waals surface area contributed by atoms with Crippen molar-refractivity contribution < 1.29 is 14.7 Å². The summed E-state index contributed by atoms with van der Waals surface area (Å²) in [5.41, 5.74) is 4.28. The minimum absolute atomic E-state index is 0.131. The number of carboxylic acids is 1. The molecule has 0 aliphatic rings. The van der Waals surface area contributed by atoms with Gasteiger partial charge in [-0.05, 0) is 42.8 Å². The van der Waals surface area contributed by atoms with Crippen LogP contribution in [0.25, 0.3) is 22.2 Å². The van der Waals surface area contributed by atoms with Crippen molar-refractivity contribution in [1.29, 1.82) is 0 Å². The van der Waals surface area contributed by atoms with Crippen molar-refractivity contribution in [2.24, 2.45) is 0 Å². The van der Waals surface area contributed by atoms with E-state index >= 15 is 0 Å². The molecule has 0 saturated heterocycles. The SMILES string of the molecule is Cc1c(-c2ccccc2)nc2ccc(Br)cc2c1C(=O)NC[C@@H](CC(=O)O)c1ccccn1. The Hall–Kier alpha value is -3.58. The van der Waals surface area contributed by atoms with E-state index in [-0.39, 0.29) is 18.9 Å². The van der Waals surface area contributed by atoms with Gasteiger partial charge in [-0.15, -0.1) is 0 Å². The third kappa shape index (κ3) is 5.09. The molecule has 0 radical (unpaired) electrons. The van der Waals surface area contributed by atoms with Crippen LogP contribution in [0.1, 0.15) is 34.0 Å². The summed E-state index contributed by atoms with van der Waals surface area (Å²) < 4.78 is 0.843. The molecule has 0 aliphatic carbocycles. The highest BCUT2D eigenvalue weighted by atomic mass is 79.9. The Labute approximate surface area is 199 Å². The van der Waals surface area contributed by atoms with E-state index in [1.807, 2.05) is 61.5 Å². The van der Waals surface area contributed by atoms with Crippen LogP contribution in [0.3, 0.4) is 0 Å². The van der Waals surface area contributed by atoms with Crippen molar-refractivity contribution >= 4 is 38.7 Å². The molecule has 0 saturated carbocycles. The number of hydrogen-bond acceptors (Lipinski definition) is 4. The van der Waals surface area contributed by atoms with Gasteiger partial charge in [-0.1, -0.05) is 52.3 Å². The Bertz CT molecular complexity index is 1310. The van der Waals surface area contributed by atoms with Crippen LogP contribution in [0.15, 0.2) is 77.4 Å². The molecule has 1 atom stereocenters. The third-order valence-electron chi connectivity index (χ3n) is 5.50. The number of carbonyl (C=O) groups is 2. The van der Waals surface area contributed by atoms with Crippen LogP contribution in [0.2, 0.25) is 0 Å². The van der Waals surface area contributed by atoms with Crippen LogP contribution in [0.5, 0.6) is 0 Å². The Morgan fingerprint density at radius 2 is 1.82 bits per heavy atom. The van der Waals surface area contributed by atoms with Crippen molar-refractivity contribution in [1.82, 2.24) is 15.3 Å². The van der Waals surface area contributed by atoms with Crippen LogP contribution in [-0.4, -0.2) is 33.5 Å². The molecule has 0 fully saturated rings. The Morgan fingerprint density at radius 3 is 2.52 bits per heavy atom. The standard InChI is InChI=1S/C26H22BrN3O3/c1-16-24(26(33)29-15-18(13-23(31)32)21-9-5-6-12-28-21)20-14-19(27)10-11-22(20)30-25(16)17-7-3-2-4-8-17/h2-12,14,18H,13,15H2,1H3,(H,29,33)(H,31,32)/t18-/m1/s1. The fourth-order valence-corrected chi connectivity index (χ4v) is 4.28. The number of aromatic nitrogens is 2. The van der Waals surface area contributed by atoms with E-state index in [1.54, 1.807) is 18.3 Å². The number of carboxylic acid groups (broad SMARTS) is 1. The molecule has 6 nitrogen and oxygen atoms in total. The molecule has 7 heteroatoms. The third-order valence-corrected chi connectivity index (χ3v) is 5.99. The molecular weight excluding hydrogens is 482 g/mol. The summed E-state index contributed by atoms with van der Waals surface area (Å²) >= 11 is 3.49. The maximum Gasteiger partial charge on any atom is 0.304 e. The van der Waals surface area contributed by atoms with E-state index in [0.717, 1.165) is 26.7 Å². The number of pyridine rings is 2. The van der Waals surface area contributed by atoms with Crippen LogP contribution < -0.4 is 5.32 Å². The Kier molecular flexibility index (Phi) is 6.79. The highest BCUT2D eigenvalue weighted by molar-refractivity contribution is 9.10. The van der Waals surface area contributed by atoms with Gasteiger partial charge in [0.2, 0.25) is 0 Å². The average molecular weight is 504 g/mol. The first-order valence-electron chi connectivity index (χ1n) is 10.5. The van der Waals surface area contributed by atoms with Gasteiger partial charge >= 0.3 is 5.97 Å². The summed E-state index contributed by atoms with van der Waals surface area (Å²) in [4.78, 5) is 34.0. The van der Waals surface area contributed by atoms with E-state index < -0.39 is 11.9 Å². The lowest BCUT2D eigenvalue weighted by Crippen LogP contribution is -2.30. The molecule has 0 unspecified atom stereocenters. The molecule has 0 aliphatic heterocycles. The number of halogens is 1. The van der Waals surface area contributed by atoms with Crippen molar-refractivity contribution in [3.63, 3.8) is 0 Å². The minimum atomic E-state index is -0.944. The smallest absolute Gasteiger partial charge is 0.304 e. The van der Waals surface area contributed by atoms with E-state index in [0.29, 0.717) is 16.8 Å². The number of amides is 1. The molecule has 2 aromatic heterocycles. The van der Waals surface area contributed by atoms with Gasteiger partial charge in [-0.25, -0.2) is 4.98 Å². The predicted molar refractivity (Wildman–Crippen MR) is 131 cm³/mol. The molecule has 1 amide bonds. The molecule has 166 valence electrons. The zero-order valence-electron chi connectivity index (χ0n) is 18.0. The summed E-state index contributed by atoms with van der Waals surface area (Å²) in [6.07, 6.45) is 1.49. The summed E-state index contributed by atoms with van der Waals surface area (Å²) in [5.74, 6) is -1.66. The highest BCUT2D eigenvalue weighted by Crippen LogP contribution is 2.31.